The highest BCUT2D eigenvalue weighted by Gasteiger charge is 2.28. The van der Waals surface area contributed by atoms with Crippen molar-refractivity contribution in [3.8, 4) is 0 Å². The smallest absolute Gasteiger partial charge is 0.254 e. The van der Waals surface area contributed by atoms with E-state index in [1.165, 1.54) is 12.8 Å². The molecule has 0 radical (unpaired) electrons. The number of carbonyl (C=O) groups excluding carboxylic acids is 2. The normalized spacial score (nSPS) is 18.4. The van der Waals surface area contributed by atoms with Gasteiger partial charge in [0.05, 0.1) is 0 Å². The lowest BCUT2D eigenvalue weighted by molar-refractivity contribution is -0.132. The largest absolute Gasteiger partial charge is 0.340 e. The number of rotatable bonds is 5. The lowest BCUT2D eigenvalue weighted by Gasteiger charge is -2.31. The molecule has 0 atom stereocenters. The summed E-state index contributed by atoms with van der Waals surface area (Å²) in [5, 5.41) is 3.27. The lowest BCUT2D eigenvalue weighted by Crippen LogP contribution is -2.48. The zero-order valence-corrected chi connectivity index (χ0v) is 15.2. The fourth-order valence-electron chi connectivity index (χ4n) is 3.90. The summed E-state index contributed by atoms with van der Waals surface area (Å²) >= 11 is 0. The minimum Gasteiger partial charge on any atom is -0.340 e. The highest BCUT2D eigenvalue weighted by molar-refractivity contribution is 5.95. The van der Waals surface area contributed by atoms with Crippen molar-refractivity contribution in [3.05, 3.63) is 35.4 Å². The molecular weight excluding hydrogens is 314 g/mol. The average Bonchev–Trinajstić information content (AvgIpc) is 3.16. The van der Waals surface area contributed by atoms with Crippen LogP contribution in [0.4, 0.5) is 0 Å². The predicted molar refractivity (Wildman–Crippen MR) is 98.5 cm³/mol. The topological polar surface area (TPSA) is 52.7 Å². The van der Waals surface area contributed by atoms with E-state index in [9.17, 15) is 9.59 Å². The van der Waals surface area contributed by atoms with Crippen LogP contribution in [-0.4, -0.2) is 60.4 Å². The molecule has 1 saturated carbocycles. The molecule has 1 heterocycles. The monoisotopic (exact) mass is 343 g/mol. The minimum absolute atomic E-state index is 0.0729. The molecule has 25 heavy (non-hydrogen) atoms. The third-order valence-corrected chi connectivity index (χ3v) is 5.33. The predicted octanol–water partition coefficient (Wildman–Crippen LogP) is 2.20. The van der Waals surface area contributed by atoms with Crippen molar-refractivity contribution in [1.29, 1.82) is 0 Å². The molecule has 5 heteroatoms. The van der Waals surface area contributed by atoms with Gasteiger partial charge >= 0.3 is 0 Å². The summed E-state index contributed by atoms with van der Waals surface area (Å²) in [6.45, 7) is 5.80. The Morgan fingerprint density at radius 1 is 1.20 bits per heavy atom. The van der Waals surface area contributed by atoms with E-state index in [1.807, 2.05) is 41.0 Å². The fourth-order valence-corrected chi connectivity index (χ4v) is 3.90. The van der Waals surface area contributed by atoms with Gasteiger partial charge in [-0.1, -0.05) is 30.5 Å². The maximum Gasteiger partial charge on any atom is 0.254 e. The van der Waals surface area contributed by atoms with Crippen molar-refractivity contribution in [3.63, 3.8) is 0 Å². The van der Waals surface area contributed by atoms with Gasteiger partial charge in [0.15, 0.2) is 0 Å². The Morgan fingerprint density at radius 2 is 1.92 bits per heavy atom. The summed E-state index contributed by atoms with van der Waals surface area (Å²) in [5.74, 6) is 0.241. The number of amides is 2. The number of benzene rings is 1. The van der Waals surface area contributed by atoms with Gasteiger partial charge in [-0.05, 0) is 31.9 Å². The molecule has 5 nitrogen and oxygen atoms in total. The van der Waals surface area contributed by atoms with Crippen LogP contribution in [0.3, 0.4) is 0 Å². The Morgan fingerprint density at radius 3 is 2.60 bits per heavy atom. The molecule has 1 aliphatic carbocycles. The summed E-state index contributed by atoms with van der Waals surface area (Å²) in [6, 6.07) is 8.05. The van der Waals surface area contributed by atoms with Crippen LogP contribution in [0.25, 0.3) is 0 Å². The van der Waals surface area contributed by atoms with Crippen molar-refractivity contribution in [1.82, 2.24) is 15.1 Å². The molecule has 0 bridgehead atoms. The first-order valence-electron chi connectivity index (χ1n) is 9.51. The van der Waals surface area contributed by atoms with E-state index in [1.54, 1.807) is 0 Å². The van der Waals surface area contributed by atoms with Gasteiger partial charge in [-0.2, -0.15) is 0 Å². The Labute approximate surface area is 150 Å². The highest BCUT2D eigenvalue weighted by Crippen LogP contribution is 2.25. The second-order valence-electron chi connectivity index (χ2n) is 7.19. The van der Waals surface area contributed by atoms with Crippen molar-refractivity contribution in [2.75, 3.05) is 32.7 Å². The number of carbonyl (C=O) groups is 2. The number of nitrogens with zero attached hydrogens (tertiary/aromatic N) is 2. The summed E-state index contributed by atoms with van der Waals surface area (Å²) in [5.41, 5.74) is 1.83. The third-order valence-electron chi connectivity index (χ3n) is 5.33. The summed E-state index contributed by atoms with van der Waals surface area (Å²) in [6.07, 6.45) is 4.88. The molecule has 1 aromatic carbocycles. The summed E-state index contributed by atoms with van der Waals surface area (Å²) in [7, 11) is 0. The van der Waals surface area contributed by atoms with E-state index in [4.69, 9.17) is 0 Å². The molecule has 3 rings (SSSR count). The van der Waals surface area contributed by atoms with Crippen molar-refractivity contribution in [2.24, 2.45) is 0 Å². The first-order valence-corrected chi connectivity index (χ1v) is 9.51. The van der Waals surface area contributed by atoms with Gasteiger partial charge in [-0.15, -0.1) is 0 Å². The molecule has 0 unspecified atom stereocenters. The number of hydrogen-bond donors (Lipinski definition) is 1. The third kappa shape index (κ3) is 4.60. The minimum atomic E-state index is 0.0729. The van der Waals surface area contributed by atoms with Gasteiger partial charge in [-0.3, -0.25) is 9.59 Å². The Hall–Kier alpha value is -1.88. The number of nitrogens with one attached hydrogen (secondary N) is 1. The van der Waals surface area contributed by atoms with Crippen molar-refractivity contribution >= 4 is 11.8 Å². The molecule has 0 aromatic heterocycles. The molecule has 2 amide bonds. The SMILES string of the molecule is Cc1cccc(C(=O)N(CCC(=O)N2CCNCC2)C2CCCC2)c1. The van der Waals surface area contributed by atoms with Crippen LogP contribution in [-0.2, 0) is 4.79 Å². The number of piperazine rings is 1. The van der Waals surface area contributed by atoms with Gasteiger partial charge in [-0.25, -0.2) is 0 Å². The van der Waals surface area contributed by atoms with Crippen LogP contribution >= 0.6 is 0 Å². The van der Waals surface area contributed by atoms with Gasteiger partial charge < -0.3 is 15.1 Å². The molecule has 2 fully saturated rings. The Kier molecular flexibility index (Phi) is 6.08. The van der Waals surface area contributed by atoms with Crippen molar-refractivity contribution in [2.45, 2.75) is 45.1 Å². The van der Waals surface area contributed by atoms with E-state index in [0.29, 0.717) is 13.0 Å². The van der Waals surface area contributed by atoms with Crippen LogP contribution in [0, 0.1) is 6.92 Å². The Bertz CT molecular complexity index is 605. The van der Waals surface area contributed by atoms with Crippen LogP contribution in [0.2, 0.25) is 0 Å². The standard InChI is InChI=1S/C20H29N3O2/c1-16-5-4-6-17(15-16)20(25)23(18-7-2-3-8-18)12-9-19(24)22-13-10-21-11-14-22/h4-6,15,18,21H,2-3,7-14H2,1H3. The summed E-state index contributed by atoms with van der Waals surface area (Å²) in [4.78, 5) is 29.4. The molecule has 136 valence electrons. The summed E-state index contributed by atoms with van der Waals surface area (Å²) < 4.78 is 0. The molecule has 1 saturated heterocycles. The van der Waals surface area contributed by atoms with Crippen LogP contribution in [0.1, 0.15) is 48.0 Å². The Balaban J connectivity index is 1.66. The van der Waals surface area contributed by atoms with E-state index < -0.39 is 0 Å². The second-order valence-corrected chi connectivity index (χ2v) is 7.19. The van der Waals surface area contributed by atoms with Gasteiger partial charge in [0.1, 0.15) is 0 Å². The maximum absolute atomic E-state index is 13.1. The van der Waals surface area contributed by atoms with E-state index in [2.05, 4.69) is 5.32 Å². The van der Waals surface area contributed by atoms with E-state index >= 15 is 0 Å². The fraction of sp³-hybridized carbons (Fsp3) is 0.600. The molecular formula is C20H29N3O2. The number of aryl methyl sites for hydroxylation is 1. The first kappa shape index (κ1) is 17.9. The van der Waals surface area contributed by atoms with Crippen LogP contribution in [0.15, 0.2) is 24.3 Å². The van der Waals surface area contributed by atoms with Gasteiger partial charge in [0.25, 0.3) is 5.91 Å². The molecule has 2 aliphatic rings. The molecule has 1 aliphatic heterocycles. The second kappa shape index (κ2) is 8.48. The van der Waals surface area contributed by atoms with Crippen molar-refractivity contribution < 1.29 is 9.59 Å². The zero-order chi connectivity index (χ0) is 17.6. The highest BCUT2D eigenvalue weighted by atomic mass is 16.2. The maximum atomic E-state index is 13.1. The lowest BCUT2D eigenvalue weighted by atomic mass is 10.1. The number of hydrogen-bond acceptors (Lipinski definition) is 3. The average molecular weight is 343 g/mol. The van der Waals surface area contributed by atoms with E-state index in [0.717, 1.165) is 50.1 Å². The van der Waals surface area contributed by atoms with Gasteiger partial charge in [0, 0.05) is 50.7 Å². The van der Waals surface area contributed by atoms with Gasteiger partial charge in [0.2, 0.25) is 5.91 Å². The molecule has 1 aromatic rings. The van der Waals surface area contributed by atoms with Crippen LogP contribution < -0.4 is 5.32 Å². The zero-order valence-electron chi connectivity index (χ0n) is 15.2. The van der Waals surface area contributed by atoms with Crippen LogP contribution in [0.5, 0.6) is 0 Å². The molecule has 0 spiro atoms. The first-order chi connectivity index (χ1) is 12.1. The molecule has 1 N–H and O–H groups in total. The van der Waals surface area contributed by atoms with E-state index in [-0.39, 0.29) is 17.9 Å². The quantitative estimate of drug-likeness (QED) is 0.892.